The molecule has 2 aromatic rings. The summed E-state index contributed by atoms with van der Waals surface area (Å²) < 4.78 is 24.2. The number of nitrogens with one attached hydrogen (secondary N) is 1. The third kappa shape index (κ3) is 3.34. The molecule has 0 atom stereocenters. The van der Waals surface area contributed by atoms with E-state index in [1.54, 1.807) is 13.0 Å². The van der Waals surface area contributed by atoms with Crippen molar-refractivity contribution < 1.29 is 18.7 Å². The van der Waals surface area contributed by atoms with Gasteiger partial charge in [-0.2, -0.15) is 0 Å². The molecule has 2 aromatic carbocycles. The van der Waals surface area contributed by atoms with Gasteiger partial charge in [-0.15, -0.1) is 0 Å². The van der Waals surface area contributed by atoms with Gasteiger partial charge in [-0.3, -0.25) is 4.79 Å². The van der Waals surface area contributed by atoms with Crippen LogP contribution in [0.3, 0.4) is 0 Å². The number of amides is 1. The Balaban J connectivity index is 1.82. The number of benzene rings is 2. The van der Waals surface area contributed by atoms with Crippen LogP contribution in [0.15, 0.2) is 48.0 Å². The average molecular weight is 313 g/mol. The fourth-order valence-electron chi connectivity index (χ4n) is 2.32. The van der Waals surface area contributed by atoms with E-state index in [2.05, 4.69) is 5.32 Å². The van der Waals surface area contributed by atoms with Gasteiger partial charge in [0.2, 0.25) is 0 Å². The Labute approximate surface area is 133 Å². The summed E-state index contributed by atoms with van der Waals surface area (Å²) in [5.41, 5.74) is 1.78. The van der Waals surface area contributed by atoms with Crippen molar-refractivity contribution in [2.45, 2.75) is 6.92 Å². The molecule has 1 aliphatic rings. The van der Waals surface area contributed by atoms with Gasteiger partial charge in [0.05, 0.1) is 17.9 Å². The van der Waals surface area contributed by atoms with Crippen LogP contribution in [0.5, 0.6) is 11.5 Å². The van der Waals surface area contributed by atoms with Crippen LogP contribution in [0.4, 0.5) is 10.1 Å². The van der Waals surface area contributed by atoms with Crippen LogP contribution < -0.4 is 14.8 Å². The number of carbonyl (C=O) groups excluding carboxylic acids is 1. The number of rotatable bonds is 4. The van der Waals surface area contributed by atoms with Gasteiger partial charge >= 0.3 is 0 Å². The second-order valence-electron chi connectivity index (χ2n) is 5.02. The van der Waals surface area contributed by atoms with Crippen molar-refractivity contribution in [3.05, 3.63) is 59.4 Å². The zero-order valence-corrected chi connectivity index (χ0v) is 12.6. The Kier molecular flexibility index (Phi) is 4.28. The standard InChI is InChI=1S/C18H16FNO3/c1-2-22-17-10-14(19)7-8-15(17)20-18(21)13-9-12-5-3-4-6-16(12)23-11-13/h3-10H,2,11H2,1H3,(H,20,21). The van der Waals surface area contributed by atoms with Crippen LogP contribution in [0, 0.1) is 5.82 Å². The lowest BCUT2D eigenvalue weighted by Crippen LogP contribution is -2.21. The highest BCUT2D eigenvalue weighted by molar-refractivity contribution is 6.08. The molecular formula is C18H16FNO3. The predicted octanol–water partition coefficient (Wildman–Crippen LogP) is 3.64. The largest absolute Gasteiger partial charge is 0.492 e. The molecule has 1 aliphatic heterocycles. The summed E-state index contributed by atoms with van der Waals surface area (Å²) in [6, 6.07) is 11.5. The van der Waals surface area contributed by atoms with Crippen LogP contribution in [-0.2, 0) is 4.79 Å². The topological polar surface area (TPSA) is 47.6 Å². The van der Waals surface area contributed by atoms with Crippen LogP contribution >= 0.6 is 0 Å². The van der Waals surface area contributed by atoms with Gasteiger partial charge in [-0.05, 0) is 31.2 Å². The maximum Gasteiger partial charge on any atom is 0.255 e. The van der Waals surface area contributed by atoms with E-state index in [0.29, 0.717) is 23.6 Å². The number of carbonyl (C=O) groups is 1. The molecule has 1 heterocycles. The normalized spacial score (nSPS) is 12.7. The van der Waals surface area contributed by atoms with Gasteiger partial charge in [0.1, 0.15) is 23.9 Å². The maximum atomic E-state index is 13.3. The van der Waals surface area contributed by atoms with E-state index in [9.17, 15) is 9.18 Å². The first-order chi connectivity index (χ1) is 11.2. The van der Waals surface area contributed by atoms with Gasteiger partial charge in [-0.1, -0.05) is 18.2 Å². The van der Waals surface area contributed by atoms with Crippen LogP contribution in [0.25, 0.3) is 6.08 Å². The van der Waals surface area contributed by atoms with E-state index in [1.807, 2.05) is 24.3 Å². The van der Waals surface area contributed by atoms with Gasteiger partial charge in [0.25, 0.3) is 5.91 Å². The Bertz CT molecular complexity index is 771. The molecule has 0 saturated heterocycles. The van der Waals surface area contributed by atoms with E-state index in [1.165, 1.54) is 18.2 Å². The van der Waals surface area contributed by atoms with Crippen LogP contribution in [0.2, 0.25) is 0 Å². The molecule has 0 spiro atoms. The molecule has 0 fully saturated rings. The summed E-state index contributed by atoms with van der Waals surface area (Å²) in [7, 11) is 0. The Morgan fingerprint density at radius 3 is 2.96 bits per heavy atom. The predicted molar refractivity (Wildman–Crippen MR) is 86.1 cm³/mol. The summed E-state index contributed by atoms with van der Waals surface area (Å²) in [6.45, 7) is 2.37. The molecule has 0 radical (unpaired) electrons. The lowest BCUT2D eigenvalue weighted by molar-refractivity contribution is -0.113. The lowest BCUT2D eigenvalue weighted by atomic mass is 10.1. The summed E-state index contributed by atoms with van der Waals surface area (Å²) in [6.07, 6.45) is 1.79. The number of hydrogen-bond acceptors (Lipinski definition) is 3. The van der Waals surface area contributed by atoms with E-state index in [0.717, 1.165) is 11.3 Å². The van der Waals surface area contributed by atoms with Crippen molar-refractivity contribution in [2.75, 3.05) is 18.5 Å². The molecule has 5 heteroatoms. The zero-order valence-electron chi connectivity index (χ0n) is 12.6. The minimum absolute atomic E-state index is 0.189. The first-order valence-electron chi connectivity index (χ1n) is 7.33. The molecule has 3 rings (SSSR count). The van der Waals surface area contributed by atoms with E-state index in [-0.39, 0.29) is 12.5 Å². The van der Waals surface area contributed by atoms with Gasteiger partial charge < -0.3 is 14.8 Å². The number of para-hydroxylation sites is 1. The molecule has 0 aliphatic carbocycles. The number of hydrogen-bond donors (Lipinski definition) is 1. The summed E-state index contributed by atoms with van der Waals surface area (Å²) in [4.78, 5) is 12.4. The minimum Gasteiger partial charge on any atom is -0.492 e. The van der Waals surface area contributed by atoms with Crippen molar-refractivity contribution >= 4 is 17.7 Å². The monoisotopic (exact) mass is 313 g/mol. The van der Waals surface area contributed by atoms with Crippen molar-refractivity contribution in [3.63, 3.8) is 0 Å². The Morgan fingerprint density at radius 1 is 1.30 bits per heavy atom. The number of fused-ring (bicyclic) bond motifs is 1. The molecule has 23 heavy (non-hydrogen) atoms. The molecule has 0 aromatic heterocycles. The third-order valence-corrected chi connectivity index (χ3v) is 3.42. The molecule has 0 bridgehead atoms. The van der Waals surface area contributed by atoms with Crippen LogP contribution in [-0.4, -0.2) is 19.1 Å². The van der Waals surface area contributed by atoms with E-state index >= 15 is 0 Å². The Morgan fingerprint density at radius 2 is 2.13 bits per heavy atom. The van der Waals surface area contributed by atoms with Crippen molar-refractivity contribution in [3.8, 4) is 11.5 Å². The van der Waals surface area contributed by atoms with Gasteiger partial charge in [0.15, 0.2) is 0 Å². The first kappa shape index (κ1) is 15.1. The highest BCUT2D eigenvalue weighted by Gasteiger charge is 2.18. The molecule has 4 nitrogen and oxygen atoms in total. The second kappa shape index (κ2) is 6.52. The SMILES string of the molecule is CCOc1cc(F)ccc1NC(=O)C1=Cc2ccccc2OC1. The summed E-state index contributed by atoms with van der Waals surface area (Å²) >= 11 is 0. The average Bonchev–Trinajstić information content (AvgIpc) is 2.57. The fraction of sp³-hybridized carbons (Fsp3) is 0.167. The van der Waals surface area contributed by atoms with Crippen molar-refractivity contribution in [2.24, 2.45) is 0 Å². The van der Waals surface area contributed by atoms with Crippen LogP contribution in [0.1, 0.15) is 12.5 Å². The van der Waals surface area contributed by atoms with Crippen molar-refractivity contribution in [1.82, 2.24) is 0 Å². The first-order valence-corrected chi connectivity index (χ1v) is 7.33. The highest BCUT2D eigenvalue weighted by atomic mass is 19.1. The summed E-state index contributed by atoms with van der Waals surface area (Å²) in [5.74, 6) is 0.340. The highest BCUT2D eigenvalue weighted by Crippen LogP contribution is 2.28. The fourth-order valence-corrected chi connectivity index (χ4v) is 2.32. The molecular weight excluding hydrogens is 297 g/mol. The number of halogens is 1. The van der Waals surface area contributed by atoms with E-state index < -0.39 is 5.82 Å². The van der Waals surface area contributed by atoms with E-state index in [4.69, 9.17) is 9.47 Å². The van der Waals surface area contributed by atoms with Crippen molar-refractivity contribution in [1.29, 1.82) is 0 Å². The number of ether oxygens (including phenoxy) is 2. The smallest absolute Gasteiger partial charge is 0.255 e. The lowest BCUT2D eigenvalue weighted by Gasteiger charge is -2.18. The summed E-state index contributed by atoms with van der Waals surface area (Å²) in [5, 5.41) is 2.74. The van der Waals surface area contributed by atoms with Gasteiger partial charge in [0, 0.05) is 11.6 Å². The Hall–Kier alpha value is -2.82. The second-order valence-corrected chi connectivity index (χ2v) is 5.02. The zero-order chi connectivity index (χ0) is 16.2. The quantitative estimate of drug-likeness (QED) is 0.937. The molecule has 1 amide bonds. The molecule has 1 N–H and O–H groups in total. The third-order valence-electron chi connectivity index (χ3n) is 3.42. The molecule has 0 unspecified atom stereocenters. The minimum atomic E-state index is -0.416. The molecule has 0 saturated carbocycles. The maximum absolute atomic E-state index is 13.3. The molecule has 118 valence electrons. The number of anilines is 1. The van der Waals surface area contributed by atoms with Gasteiger partial charge in [-0.25, -0.2) is 4.39 Å².